The summed E-state index contributed by atoms with van der Waals surface area (Å²) in [4.78, 5) is 11.4. The molecule has 21 heavy (non-hydrogen) atoms. The highest BCUT2D eigenvalue weighted by atomic mass is 35.7. The molecule has 0 fully saturated rings. The third-order valence-corrected chi connectivity index (χ3v) is 4.12. The maximum Gasteiger partial charge on any atom is 0.263 e. The Hall–Kier alpha value is -2.04. The second-order valence-corrected chi connectivity index (χ2v) is 6.74. The van der Waals surface area contributed by atoms with Gasteiger partial charge in [-0.15, -0.1) is 6.42 Å². The van der Waals surface area contributed by atoms with Crippen molar-refractivity contribution in [3.8, 4) is 12.3 Å². The molecule has 5 nitrogen and oxygen atoms in total. The van der Waals surface area contributed by atoms with E-state index < -0.39 is 20.8 Å². The number of carbonyl (C=O) groups excluding carboxylic acids is 1. The van der Waals surface area contributed by atoms with Gasteiger partial charge >= 0.3 is 0 Å². The third kappa shape index (κ3) is 3.35. The molecule has 1 N–H and O–H groups in total. The first kappa shape index (κ1) is 15.4. The Labute approximate surface area is 125 Å². The minimum absolute atomic E-state index is 0.0628. The Morgan fingerprint density at radius 3 is 2.81 bits per heavy atom. The zero-order chi connectivity index (χ0) is 15.6. The van der Waals surface area contributed by atoms with Crippen LogP contribution in [0.1, 0.15) is 0 Å². The number of benzene rings is 1. The van der Waals surface area contributed by atoms with Crippen LogP contribution in [-0.4, -0.2) is 25.4 Å². The Kier molecular flexibility index (Phi) is 4.21. The monoisotopic (exact) mass is 328 g/mol. The standard InChI is InChI=1S/C13H10ClFN2O3S/c1-2-5-16-13(18)8-17-7-12(21(14,19)20)10-6-9(15)3-4-11(10)17/h1,3-4,6-7H,5,8H2,(H,16,18). The summed E-state index contributed by atoms with van der Waals surface area (Å²) in [5.41, 5.74) is 0.381. The molecule has 0 bridgehead atoms. The molecule has 0 aliphatic rings. The fraction of sp³-hybridized carbons (Fsp3) is 0.154. The van der Waals surface area contributed by atoms with Gasteiger partial charge in [0.25, 0.3) is 9.05 Å². The van der Waals surface area contributed by atoms with Crippen molar-refractivity contribution in [3.05, 3.63) is 30.2 Å². The number of hydrogen-bond donors (Lipinski definition) is 1. The fourth-order valence-electron chi connectivity index (χ4n) is 1.92. The van der Waals surface area contributed by atoms with Crippen molar-refractivity contribution in [1.29, 1.82) is 0 Å². The number of nitrogens with one attached hydrogen (secondary N) is 1. The first-order valence-electron chi connectivity index (χ1n) is 5.76. The molecule has 8 heteroatoms. The second-order valence-electron chi connectivity index (χ2n) is 4.20. The zero-order valence-electron chi connectivity index (χ0n) is 10.6. The molecule has 2 aromatic rings. The molecule has 0 radical (unpaired) electrons. The lowest BCUT2D eigenvalue weighted by Gasteiger charge is -2.04. The third-order valence-electron chi connectivity index (χ3n) is 2.77. The van der Waals surface area contributed by atoms with Crippen molar-refractivity contribution < 1.29 is 17.6 Å². The Bertz CT molecular complexity index is 852. The van der Waals surface area contributed by atoms with Crippen LogP contribution in [0, 0.1) is 18.2 Å². The van der Waals surface area contributed by atoms with Gasteiger partial charge in [0.2, 0.25) is 5.91 Å². The maximum atomic E-state index is 13.3. The van der Waals surface area contributed by atoms with Gasteiger partial charge in [0.1, 0.15) is 17.3 Å². The predicted molar refractivity (Wildman–Crippen MR) is 76.8 cm³/mol. The number of carbonyl (C=O) groups is 1. The quantitative estimate of drug-likeness (QED) is 0.682. The van der Waals surface area contributed by atoms with Gasteiger partial charge in [0.05, 0.1) is 12.1 Å². The molecule has 1 aromatic carbocycles. The highest BCUT2D eigenvalue weighted by Gasteiger charge is 2.20. The number of rotatable bonds is 4. The van der Waals surface area contributed by atoms with Crippen LogP contribution in [0.4, 0.5) is 4.39 Å². The van der Waals surface area contributed by atoms with E-state index in [2.05, 4.69) is 11.2 Å². The molecular formula is C13H10ClFN2O3S. The van der Waals surface area contributed by atoms with Crippen LogP contribution in [0.3, 0.4) is 0 Å². The molecule has 0 unspecified atom stereocenters. The molecule has 0 saturated carbocycles. The number of hydrogen-bond acceptors (Lipinski definition) is 3. The van der Waals surface area contributed by atoms with E-state index in [1.165, 1.54) is 22.9 Å². The number of terminal acetylenes is 1. The van der Waals surface area contributed by atoms with E-state index in [0.717, 1.165) is 6.07 Å². The molecule has 110 valence electrons. The molecule has 1 heterocycles. The van der Waals surface area contributed by atoms with Crippen LogP contribution < -0.4 is 5.32 Å². The van der Waals surface area contributed by atoms with E-state index in [1.54, 1.807) is 0 Å². The topological polar surface area (TPSA) is 68.2 Å². The van der Waals surface area contributed by atoms with Gasteiger partial charge in [0, 0.05) is 22.3 Å². The van der Waals surface area contributed by atoms with E-state index >= 15 is 0 Å². The van der Waals surface area contributed by atoms with Gasteiger partial charge in [-0.3, -0.25) is 4.79 Å². The molecule has 1 aromatic heterocycles. The van der Waals surface area contributed by atoms with Gasteiger partial charge in [0.15, 0.2) is 0 Å². The van der Waals surface area contributed by atoms with E-state index in [-0.39, 0.29) is 23.4 Å². The number of amides is 1. The van der Waals surface area contributed by atoms with Gasteiger partial charge in [-0.1, -0.05) is 5.92 Å². The van der Waals surface area contributed by atoms with Crippen LogP contribution in [-0.2, 0) is 20.4 Å². The van der Waals surface area contributed by atoms with Crippen LogP contribution >= 0.6 is 10.7 Å². The molecule has 0 spiro atoms. The first-order valence-corrected chi connectivity index (χ1v) is 8.07. The van der Waals surface area contributed by atoms with Crippen LogP contribution in [0.25, 0.3) is 10.9 Å². The summed E-state index contributed by atoms with van der Waals surface area (Å²) in [7, 11) is 1.28. The molecule has 0 saturated heterocycles. The number of aromatic nitrogens is 1. The summed E-state index contributed by atoms with van der Waals surface area (Å²) in [6.07, 6.45) is 6.22. The normalized spacial score (nSPS) is 11.3. The summed E-state index contributed by atoms with van der Waals surface area (Å²) in [5.74, 6) is 1.26. The summed E-state index contributed by atoms with van der Waals surface area (Å²) in [5, 5.41) is 2.57. The molecule has 0 atom stereocenters. The Balaban J connectivity index is 2.51. The van der Waals surface area contributed by atoms with Gasteiger partial charge in [-0.2, -0.15) is 0 Å². The van der Waals surface area contributed by atoms with Crippen LogP contribution in [0.2, 0.25) is 0 Å². The lowest BCUT2D eigenvalue weighted by molar-refractivity contribution is -0.121. The number of halogens is 2. The number of fused-ring (bicyclic) bond motifs is 1. The minimum atomic E-state index is -4.06. The molecule has 2 rings (SSSR count). The summed E-state index contributed by atoms with van der Waals surface area (Å²) < 4.78 is 37.7. The van der Waals surface area contributed by atoms with E-state index in [0.29, 0.717) is 5.52 Å². The molecule has 1 amide bonds. The Morgan fingerprint density at radius 2 is 2.19 bits per heavy atom. The average Bonchev–Trinajstić information content (AvgIpc) is 2.74. The van der Waals surface area contributed by atoms with Crippen molar-refractivity contribution in [2.45, 2.75) is 11.4 Å². The maximum absolute atomic E-state index is 13.3. The largest absolute Gasteiger partial charge is 0.344 e. The predicted octanol–water partition coefficient (Wildman–Crippen LogP) is 1.46. The van der Waals surface area contributed by atoms with Gasteiger partial charge in [-0.05, 0) is 18.2 Å². The van der Waals surface area contributed by atoms with E-state index in [4.69, 9.17) is 17.1 Å². The average molecular weight is 329 g/mol. The second kappa shape index (κ2) is 5.76. The first-order chi connectivity index (χ1) is 9.82. The highest BCUT2D eigenvalue weighted by molar-refractivity contribution is 8.14. The smallest absolute Gasteiger partial charge is 0.263 e. The molecular weight excluding hydrogens is 319 g/mol. The van der Waals surface area contributed by atoms with Crippen molar-refractivity contribution >= 4 is 36.5 Å². The van der Waals surface area contributed by atoms with Crippen LogP contribution in [0.15, 0.2) is 29.3 Å². The van der Waals surface area contributed by atoms with E-state index in [1.807, 2.05) is 0 Å². The van der Waals surface area contributed by atoms with Gasteiger partial charge in [-0.25, -0.2) is 12.8 Å². The summed E-state index contributed by atoms with van der Waals surface area (Å²) in [6.45, 7) is -0.0937. The van der Waals surface area contributed by atoms with Crippen molar-refractivity contribution in [2.75, 3.05) is 6.54 Å². The Morgan fingerprint density at radius 1 is 1.48 bits per heavy atom. The van der Waals surface area contributed by atoms with Crippen LogP contribution in [0.5, 0.6) is 0 Å². The lowest BCUT2D eigenvalue weighted by atomic mass is 10.2. The highest BCUT2D eigenvalue weighted by Crippen LogP contribution is 2.28. The van der Waals surface area contributed by atoms with Crippen molar-refractivity contribution in [1.82, 2.24) is 9.88 Å². The zero-order valence-corrected chi connectivity index (χ0v) is 12.2. The van der Waals surface area contributed by atoms with Crippen molar-refractivity contribution in [3.63, 3.8) is 0 Å². The fourth-order valence-corrected chi connectivity index (χ4v) is 2.97. The number of nitrogens with zero attached hydrogens (tertiary/aromatic N) is 1. The SMILES string of the molecule is C#CCNC(=O)Cn1cc(S(=O)(=O)Cl)c2cc(F)ccc21. The van der Waals surface area contributed by atoms with Crippen molar-refractivity contribution in [2.24, 2.45) is 0 Å². The molecule has 0 aliphatic heterocycles. The molecule has 0 aliphatic carbocycles. The minimum Gasteiger partial charge on any atom is -0.344 e. The van der Waals surface area contributed by atoms with Gasteiger partial charge < -0.3 is 9.88 Å². The summed E-state index contributed by atoms with van der Waals surface area (Å²) >= 11 is 0. The lowest BCUT2D eigenvalue weighted by Crippen LogP contribution is -2.27. The summed E-state index contributed by atoms with van der Waals surface area (Å²) in [6, 6.07) is 3.61. The van der Waals surface area contributed by atoms with E-state index in [9.17, 15) is 17.6 Å².